The number of fused-ring (bicyclic) bond motifs is 1. The Kier molecular flexibility index (Phi) is 2.76. The van der Waals surface area contributed by atoms with Crippen LogP contribution in [0.5, 0.6) is 0 Å². The number of hydrogen-bond donors (Lipinski definition) is 0. The maximum atomic E-state index is 11.4. The van der Waals surface area contributed by atoms with E-state index in [-0.39, 0.29) is 5.97 Å². The standard InChI is InChI=1S/C13H16O2/c1-9-4-3-5-10-8-11(13(14)15-2)6-7-12(9)10/h6-9H,3-5H2,1-2H3. The molecule has 80 valence electrons. The molecule has 2 nitrogen and oxygen atoms in total. The van der Waals surface area contributed by atoms with E-state index >= 15 is 0 Å². The lowest BCUT2D eigenvalue weighted by atomic mass is 9.83. The van der Waals surface area contributed by atoms with Gasteiger partial charge >= 0.3 is 5.97 Å². The van der Waals surface area contributed by atoms with Gasteiger partial charge < -0.3 is 4.74 Å². The minimum atomic E-state index is -0.240. The van der Waals surface area contributed by atoms with E-state index in [1.165, 1.54) is 31.1 Å². The summed E-state index contributed by atoms with van der Waals surface area (Å²) in [4.78, 5) is 11.4. The molecule has 1 atom stereocenters. The molecule has 0 saturated heterocycles. The molecule has 0 radical (unpaired) electrons. The van der Waals surface area contributed by atoms with E-state index in [0.717, 1.165) is 6.42 Å². The number of hydrogen-bond acceptors (Lipinski definition) is 2. The van der Waals surface area contributed by atoms with Crippen molar-refractivity contribution in [1.82, 2.24) is 0 Å². The van der Waals surface area contributed by atoms with Crippen LogP contribution in [0.4, 0.5) is 0 Å². The number of benzene rings is 1. The second-order valence-electron chi connectivity index (χ2n) is 4.20. The Morgan fingerprint density at radius 3 is 3.00 bits per heavy atom. The fourth-order valence-electron chi connectivity index (χ4n) is 2.30. The summed E-state index contributed by atoms with van der Waals surface area (Å²) in [5, 5.41) is 0. The summed E-state index contributed by atoms with van der Waals surface area (Å²) in [6.45, 7) is 2.25. The molecule has 0 amide bonds. The van der Waals surface area contributed by atoms with Gasteiger partial charge in [0.1, 0.15) is 0 Å². The first-order valence-electron chi connectivity index (χ1n) is 5.43. The molecule has 0 aliphatic heterocycles. The molecular weight excluding hydrogens is 188 g/mol. The maximum Gasteiger partial charge on any atom is 0.337 e. The summed E-state index contributed by atoms with van der Waals surface area (Å²) >= 11 is 0. The third-order valence-electron chi connectivity index (χ3n) is 3.18. The van der Waals surface area contributed by atoms with Gasteiger partial charge in [-0.1, -0.05) is 13.0 Å². The molecule has 0 spiro atoms. The summed E-state index contributed by atoms with van der Waals surface area (Å²) in [6, 6.07) is 5.93. The van der Waals surface area contributed by atoms with Crippen LogP contribution in [-0.4, -0.2) is 13.1 Å². The Balaban J connectivity index is 2.37. The lowest BCUT2D eigenvalue weighted by Gasteiger charge is -2.22. The average molecular weight is 204 g/mol. The Morgan fingerprint density at radius 2 is 2.27 bits per heavy atom. The van der Waals surface area contributed by atoms with Gasteiger partial charge in [0.05, 0.1) is 12.7 Å². The number of esters is 1. The minimum Gasteiger partial charge on any atom is -0.465 e. The van der Waals surface area contributed by atoms with E-state index < -0.39 is 0 Å². The fraction of sp³-hybridized carbons (Fsp3) is 0.462. The summed E-state index contributed by atoms with van der Waals surface area (Å²) < 4.78 is 4.72. The lowest BCUT2D eigenvalue weighted by Crippen LogP contribution is -2.09. The number of carbonyl (C=O) groups excluding carboxylic acids is 1. The smallest absolute Gasteiger partial charge is 0.337 e. The summed E-state index contributed by atoms with van der Waals surface area (Å²) in [7, 11) is 1.42. The van der Waals surface area contributed by atoms with Gasteiger partial charge in [-0.2, -0.15) is 0 Å². The zero-order valence-corrected chi connectivity index (χ0v) is 9.25. The topological polar surface area (TPSA) is 26.3 Å². The first-order chi connectivity index (χ1) is 7.22. The van der Waals surface area contributed by atoms with Crippen LogP contribution in [0.3, 0.4) is 0 Å². The molecule has 0 aromatic heterocycles. The molecule has 2 rings (SSSR count). The van der Waals surface area contributed by atoms with E-state index in [9.17, 15) is 4.79 Å². The van der Waals surface area contributed by atoms with Crippen molar-refractivity contribution < 1.29 is 9.53 Å². The molecule has 0 bridgehead atoms. The van der Waals surface area contributed by atoms with Gasteiger partial charge in [0.15, 0.2) is 0 Å². The van der Waals surface area contributed by atoms with Crippen LogP contribution in [-0.2, 0) is 11.2 Å². The first-order valence-corrected chi connectivity index (χ1v) is 5.43. The largest absolute Gasteiger partial charge is 0.465 e. The third-order valence-corrected chi connectivity index (χ3v) is 3.18. The lowest BCUT2D eigenvalue weighted by molar-refractivity contribution is 0.0600. The Morgan fingerprint density at radius 1 is 1.47 bits per heavy atom. The molecule has 1 aliphatic carbocycles. The number of rotatable bonds is 1. The van der Waals surface area contributed by atoms with E-state index in [4.69, 9.17) is 4.74 Å². The number of methoxy groups -OCH3 is 1. The normalized spacial score (nSPS) is 19.5. The molecule has 1 aromatic carbocycles. The number of ether oxygens (including phenoxy) is 1. The van der Waals surface area contributed by atoms with Crippen molar-refractivity contribution >= 4 is 5.97 Å². The molecule has 2 heteroatoms. The Bertz CT molecular complexity index is 382. The quantitative estimate of drug-likeness (QED) is 0.657. The first kappa shape index (κ1) is 10.2. The van der Waals surface area contributed by atoms with Gasteiger partial charge in [-0.05, 0) is 48.4 Å². The molecular formula is C13H16O2. The van der Waals surface area contributed by atoms with Crippen molar-refractivity contribution in [2.45, 2.75) is 32.1 Å². The van der Waals surface area contributed by atoms with Gasteiger partial charge in [0.25, 0.3) is 0 Å². The molecule has 0 fully saturated rings. The van der Waals surface area contributed by atoms with Crippen molar-refractivity contribution in [3.8, 4) is 0 Å². The predicted octanol–water partition coefficient (Wildman–Crippen LogP) is 2.91. The highest BCUT2D eigenvalue weighted by Gasteiger charge is 2.17. The molecule has 0 heterocycles. The molecule has 0 N–H and O–H groups in total. The predicted molar refractivity (Wildman–Crippen MR) is 59.1 cm³/mol. The monoisotopic (exact) mass is 204 g/mol. The zero-order valence-electron chi connectivity index (χ0n) is 9.25. The van der Waals surface area contributed by atoms with Gasteiger partial charge in [-0.25, -0.2) is 4.79 Å². The van der Waals surface area contributed by atoms with Crippen molar-refractivity contribution in [2.24, 2.45) is 0 Å². The highest BCUT2D eigenvalue weighted by molar-refractivity contribution is 5.89. The van der Waals surface area contributed by atoms with Gasteiger partial charge in [-0.3, -0.25) is 0 Å². The van der Waals surface area contributed by atoms with Crippen LogP contribution in [0.15, 0.2) is 18.2 Å². The van der Waals surface area contributed by atoms with E-state index in [2.05, 4.69) is 13.0 Å². The second kappa shape index (κ2) is 4.05. The van der Waals surface area contributed by atoms with Gasteiger partial charge in [0.2, 0.25) is 0 Å². The van der Waals surface area contributed by atoms with E-state index in [1.54, 1.807) is 0 Å². The molecule has 0 saturated carbocycles. The average Bonchev–Trinajstić information content (AvgIpc) is 2.28. The van der Waals surface area contributed by atoms with Crippen LogP contribution in [0.25, 0.3) is 0 Å². The Labute approximate surface area is 90.3 Å². The summed E-state index contributed by atoms with van der Waals surface area (Å²) in [5.41, 5.74) is 3.39. The maximum absolute atomic E-state index is 11.4. The van der Waals surface area contributed by atoms with E-state index in [0.29, 0.717) is 11.5 Å². The van der Waals surface area contributed by atoms with Crippen molar-refractivity contribution in [1.29, 1.82) is 0 Å². The van der Waals surface area contributed by atoms with Gasteiger partial charge in [-0.15, -0.1) is 0 Å². The molecule has 15 heavy (non-hydrogen) atoms. The van der Waals surface area contributed by atoms with Crippen LogP contribution < -0.4 is 0 Å². The van der Waals surface area contributed by atoms with Crippen molar-refractivity contribution in [3.63, 3.8) is 0 Å². The van der Waals surface area contributed by atoms with Crippen LogP contribution in [0, 0.1) is 0 Å². The van der Waals surface area contributed by atoms with Crippen molar-refractivity contribution in [2.75, 3.05) is 7.11 Å². The minimum absolute atomic E-state index is 0.240. The number of carbonyl (C=O) groups is 1. The SMILES string of the molecule is COC(=O)c1ccc2c(c1)CCCC2C. The molecule has 1 aliphatic rings. The summed E-state index contributed by atoms with van der Waals surface area (Å²) in [5.74, 6) is 0.386. The van der Waals surface area contributed by atoms with E-state index in [1.807, 2.05) is 12.1 Å². The van der Waals surface area contributed by atoms with Crippen LogP contribution >= 0.6 is 0 Å². The Hall–Kier alpha value is -1.31. The highest BCUT2D eigenvalue weighted by atomic mass is 16.5. The second-order valence-corrected chi connectivity index (χ2v) is 4.20. The summed E-state index contributed by atoms with van der Waals surface area (Å²) in [6.07, 6.45) is 3.56. The fourth-order valence-corrected chi connectivity index (χ4v) is 2.30. The van der Waals surface area contributed by atoms with Crippen LogP contribution in [0.2, 0.25) is 0 Å². The molecule has 1 unspecified atom stereocenters. The van der Waals surface area contributed by atoms with Crippen molar-refractivity contribution in [3.05, 3.63) is 34.9 Å². The zero-order chi connectivity index (χ0) is 10.8. The molecule has 1 aromatic rings. The van der Waals surface area contributed by atoms with Gasteiger partial charge in [0, 0.05) is 0 Å². The third kappa shape index (κ3) is 1.89. The van der Waals surface area contributed by atoms with Crippen LogP contribution in [0.1, 0.15) is 47.2 Å². The highest BCUT2D eigenvalue weighted by Crippen LogP contribution is 2.31. The number of aryl methyl sites for hydroxylation is 1.